The number of hydrogen-bond donors (Lipinski definition) is 1. The first-order chi connectivity index (χ1) is 11.8. The molecule has 0 saturated heterocycles. The maximum absolute atomic E-state index is 5.89. The van der Waals surface area contributed by atoms with E-state index in [0.717, 1.165) is 22.6 Å². The number of benzene rings is 2. The van der Waals surface area contributed by atoms with E-state index in [2.05, 4.69) is 10.5 Å². The van der Waals surface area contributed by atoms with Gasteiger partial charge < -0.3 is 14.6 Å². The summed E-state index contributed by atoms with van der Waals surface area (Å²) in [6.07, 6.45) is 1.65. The van der Waals surface area contributed by atoms with Gasteiger partial charge in [-0.05, 0) is 42.5 Å². The van der Waals surface area contributed by atoms with E-state index in [1.165, 1.54) is 0 Å². The SMILES string of the molecule is COc1ccccc1CN/N=C/c1ccc(-c2ccc(Cl)cc2)o1. The molecule has 0 aliphatic heterocycles. The molecule has 1 aromatic heterocycles. The van der Waals surface area contributed by atoms with Crippen molar-refractivity contribution in [2.45, 2.75) is 6.54 Å². The van der Waals surface area contributed by atoms with Crippen LogP contribution in [-0.4, -0.2) is 13.3 Å². The van der Waals surface area contributed by atoms with Gasteiger partial charge in [0.1, 0.15) is 17.3 Å². The van der Waals surface area contributed by atoms with Crippen molar-refractivity contribution in [3.63, 3.8) is 0 Å². The van der Waals surface area contributed by atoms with E-state index in [-0.39, 0.29) is 0 Å². The Morgan fingerprint density at radius 2 is 1.88 bits per heavy atom. The number of rotatable bonds is 6. The lowest BCUT2D eigenvalue weighted by Gasteiger charge is -2.06. The molecule has 4 nitrogen and oxygen atoms in total. The fraction of sp³-hybridized carbons (Fsp3) is 0.105. The highest BCUT2D eigenvalue weighted by molar-refractivity contribution is 6.30. The van der Waals surface area contributed by atoms with Crippen molar-refractivity contribution in [2.75, 3.05) is 7.11 Å². The Kier molecular flexibility index (Phi) is 5.18. The number of furan rings is 1. The van der Waals surface area contributed by atoms with Crippen LogP contribution in [0.25, 0.3) is 11.3 Å². The molecule has 2 aromatic carbocycles. The van der Waals surface area contributed by atoms with E-state index in [1.807, 2.05) is 60.7 Å². The van der Waals surface area contributed by atoms with E-state index in [9.17, 15) is 0 Å². The number of halogens is 1. The van der Waals surface area contributed by atoms with E-state index in [4.69, 9.17) is 20.8 Å². The van der Waals surface area contributed by atoms with Crippen LogP contribution in [0.2, 0.25) is 5.02 Å². The molecule has 24 heavy (non-hydrogen) atoms. The summed E-state index contributed by atoms with van der Waals surface area (Å²) in [6.45, 7) is 0.575. The van der Waals surface area contributed by atoms with Crippen molar-refractivity contribution < 1.29 is 9.15 Å². The molecule has 5 heteroatoms. The van der Waals surface area contributed by atoms with Gasteiger partial charge in [-0.2, -0.15) is 5.10 Å². The van der Waals surface area contributed by atoms with Crippen LogP contribution in [0.4, 0.5) is 0 Å². The number of nitrogens with zero attached hydrogens (tertiary/aromatic N) is 1. The predicted octanol–water partition coefficient (Wildman–Crippen LogP) is 4.73. The van der Waals surface area contributed by atoms with Crippen molar-refractivity contribution in [2.24, 2.45) is 5.10 Å². The van der Waals surface area contributed by atoms with Gasteiger partial charge in [0, 0.05) is 16.1 Å². The fourth-order valence-electron chi connectivity index (χ4n) is 2.28. The Balaban J connectivity index is 1.60. The summed E-state index contributed by atoms with van der Waals surface area (Å²) >= 11 is 5.89. The van der Waals surface area contributed by atoms with Gasteiger partial charge >= 0.3 is 0 Å². The molecule has 0 amide bonds. The summed E-state index contributed by atoms with van der Waals surface area (Å²) in [6, 6.07) is 19.1. The third-order valence-corrected chi connectivity index (χ3v) is 3.75. The van der Waals surface area contributed by atoms with Gasteiger partial charge in [-0.25, -0.2) is 0 Å². The van der Waals surface area contributed by atoms with Gasteiger partial charge in [0.25, 0.3) is 0 Å². The molecule has 1 N–H and O–H groups in total. The number of para-hydroxylation sites is 1. The number of hydrazone groups is 1. The summed E-state index contributed by atoms with van der Waals surface area (Å²) in [5.41, 5.74) is 5.01. The van der Waals surface area contributed by atoms with Gasteiger partial charge in [-0.1, -0.05) is 29.8 Å². The summed E-state index contributed by atoms with van der Waals surface area (Å²) in [5, 5.41) is 4.89. The van der Waals surface area contributed by atoms with Crippen molar-refractivity contribution >= 4 is 17.8 Å². The summed E-state index contributed by atoms with van der Waals surface area (Å²) in [5.74, 6) is 2.29. The predicted molar refractivity (Wildman–Crippen MR) is 96.6 cm³/mol. The zero-order valence-corrected chi connectivity index (χ0v) is 14.0. The van der Waals surface area contributed by atoms with Crippen LogP contribution in [0, 0.1) is 0 Å². The molecule has 0 aliphatic rings. The average Bonchev–Trinajstić information content (AvgIpc) is 3.08. The third-order valence-electron chi connectivity index (χ3n) is 3.50. The highest BCUT2D eigenvalue weighted by Crippen LogP contribution is 2.23. The number of nitrogens with one attached hydrogen (secondary N) is 1. The standard InChI is InChI=1S/C19H17ClN2O2/c1-23-18-5-3-2-4-15(18)12-21-22-13-17-10-11-19(24-17)14-6-8-16(20)9-7-14/h2-11,13,21H,12H2,1H3/b22-13+. The molecule has 122 valence electrons. The first-order valence-corrected chi connectivity index (χ1v) is 7.87. The molecule has 0 spiro atoms. The monoisotopic (exact) mass is 340 g/mol. The quantitative estimate of drug-likeness (QED) is 0.521. The minimum atomic E-state index is 0.575. The second-order valence-corrected chi connectivity index (χ2v) is 5.55. The lowest BCUT2D eigenvalue weighted by molar-refractivity contribution is 0.408. The van der Waals surface area contributed by atoms with Crippen LogP contribution < -0.4 is 10.2 Å². The number of ether oxygens (including phenoxy) is 1. The van der Waals surface area contributed by atoms with Crippen LogP contribution in [-0.2, 0) is 6.54 Å². The molecule has 0 bridgehead atoms. The minimum Gasteiger partial charge on any atom is -0.496 e. The Morgan fingerprint density at radius 1 is 1.08 bits per heavy atom. The van der Waals surface area contributed by atoms with Gasteiger partial charge in [0.15, 0.2) is 0 Å². The zero-order chi connectivity index (χ0) is 16.8. The van der Waals surface area contributed by atoms with Crippen molar-refractivity contribution in [1.29, 1.82) is 0 Å². The third kappa shape index (κ3) is 3.97. The van der Waals surface area contributed by atoms with Gasteiger partial charge in [0.05, 0.1) is 19.9 Å². The maximum atomic E-state index is 5.89. The Hall–Kier alpha value is -2.72. The molecule has 0 unspecified atom stereocenters. The van der Waals surface area contributed by atoms with Crippen molar-refractivity contribution in [1.82, 2.24) is 5.43 Å². The second kappa shape index (κ2) is 7.70. The molecule has 0 aliphatic carbocycles. The largest absolute Gasteiger partial charge is 0.496 e. The van der Waals surface area contributed by atoms with Crippen molar-refractivity contribution in [3.05, 3.63) is 77.0 Å². The average molecular weight is 341 g/mol. The molecule has 3 rings (SSSR count). The first-order valence-electron chi connectivity index (χ1n) is 7.50. The lowest BCUT2D eigenvalue weighted by atomic mass is 10.2. The van der Waals surface area contributed by atoms with Crippen molar-refractivity contribution in [3.8, 4) is 17.1 Å². The van der Waals surface area contributed by atoms with Crippen LogP contribution in [0.5, 0.6) is 5.75 Å². The number of hydrogen-bond acceptors (Lipinski definition) is 4. The highest BCUT2D eigenvalue weighted by atomic mass is 35.5. The van der Waals surface area contributed by atoms with E-state index < -0.39 is 0 Å². The summed E-state index contributed by atoms with van der Waals surface area (Å²) in [4.78, 5) is 0. The van der Waals surface area contributed by atoms with Crippen LogP contribution >= 0.6 is 11.6 Å². The van der Waals surface area contributed by atoms with Gasteiger partial charge in [-0.15, -0.1) is 0 Å². The molecule has 0 radical (unpaired) electrons. The smallest absolute Gasteiger partial charge is 0.147 e. The highest BCUT2D eigenvalue weighted by Gasteiger charge is 2.03. The minimum absolute atomic E-state index is 0.575. The molecular weight excluding hydrogens is 324 g/mol. The Bertz CT molecular complexity index is 825. The van der Waals surface area contributed by atoms with Gasteiger partial charge in [0.2, 0.25) is 0 Å². The van der Waals surface area contributed by atoms with Gasteiger partial charge in [-0.3, -0.25) is 0 Å². The van der Waals surface area contributed by atoms with E-state index >= 15 is 0 Å². The van der Waals surface area contributed by atoms with Crippen LogP contribution in [0.3, 0.4) is 0 Å². The molecule has 0 fully saturated rings. The Labute approximate surface area is 145 Å². The molecule has 0 saturated carbocycles. The zero-order valence-electron chi connectivity index (χ0n) is 13.2. The topological polar surface area (TPSA) is 46.8 Å². The van der Waals surface area contributed by atoms with Crippen LogP contribution in [0.15, 0.2) is 70.2 Å². The molecule has 3 aromatic rings. The lowest BCUT2D eigenvalue weighted by Crippen LogP contribution is -2.06. The van der Waals surface area contributed by atoms with Crippen LogP contribution in [0.1, 0.15) is 11.3 Å². The van der Waals surface area contributed by atoms with E-state index in [1.54, 1.807) is 13.3 Å². The molecular formula is C19H17ClN2O2. The Morgan fingerprint density at radius 3 is 2.67 bits per heavy atom. The molecule has 1 heterocycles. The fourth-order valence-corrected chi connectivity index (χ4v) is 2.41. The maximum Gasteiger partial charge on any atom is 0.147 e. The molecule has 0 atom stereocenters. The van der Waals surface area contributed by atoms with E-state index in [0.29, 0.717) is 17.3 Å². The number of methoxy groups -OCH3 is 1. The summed E-state index contributed by atoms with van der Waals surface area (Å²) < 4.78 is 11.1. The normalized spacial score (nSPS) is 10.9. The second-order valence-electron chi connectivity index (χ2n) is 5.11. The summed E-state index contributed by atoms with van der Waals surface area (Å²) in [7, 11) is 1.66. The first kappa shape index (κ1) is 16.1.